The van der Waals surface area contributed by atoms with Crippen LogP contribution in [0.5, 0.6) is 0 Å². The van der Waals surface area contributed by atoms with Crippen molar-refractivity contribution in [2.75, 3.05) is 6.54 Å². The Balaban J connectivity index is 1.86. The van der Waals surface area contributed by atoms with Gasteiger partial charge in [0.2, 0.25) is 0 Å². The van der Waals surface area contributed by atoms with Crippen LogP contribution < -0.4 is 5.32 Å². The monoisotopic (exact) mass is 381 g/mol. The van der Waals surface area contributed by atoms with Gasteiger partial charge < -0.3 is 20.4 Å². The summed E-state index contributed by atoms with van der Waals surface area (Å²) in [5.41, 5.74) is 0.803. The van der Waals surface area contributed by atoms with Gasteiger partial charge in [-0.1, -0.05) is 24.3 Å². The lowest BCUT2D eigenvalue weighted by Crippen LogP contribution is -2.33. The molecule has 0 amide bonds. The fourth-order valence-electron chi connectivity index (χ4n) is 3.40. The zero-order valence-corrected chi connectivity index (χ0v) is 16.0. The van der Waals surface area contributed by atoms with Gasteiger partial charge in [0.05, 0.1) is 11.7 Å². The SMILES string of the molecule is C[C@H](NC[C@@H](O)CC(C1CC=CCC1)[PH](=O)O)c1ccc(C(=O)O)cc1. The molecule has 26 heavy (non-hydrogen) atoms. The molecule has 3 unspecified atom stereocenters. The third kappa shape index (κ3) is 6.06. The van der Waals surface area contributed by atoms with Gasteiger partial charge in [-0.05, 0) is 56.2 Å². The first-order valence-electron chi connectivity index (χ1n) is 9.01. The van der Waals surface area contributed by atoms with Crippen molar-refractivity contribution >= 4 is 14.0 Å². The third-order valence-electron chi connectivity index (χ3n) is 5.04. The van der Waals surface area contributed by atoms with E-state index in [1.807, 2.05) is 6.92 Å². The second-order valence-corrected chi connectivity index (χ2v) is 8.35. The highest BCUT2D eigenvalue weighted by molar-refractivity contribution is 7.38. The van der Waals surface area contributed by atoms with E-state index in [0.29, 0.717) is 13.0 Å². The molecule has 0 radical (unpaired) electrons. The first kappa shape index (κ1) is 20.8. The van der Waals surface area contributed by atoms with E-state index in [9.17, 15) is 19.4 Å². The number of rotatable bonds is 9. The van der Waals surface area contributed by atoms with Crippen molar-refractivity contribution in [3.63, 3.8) is 0 Å². The van der Waals surface area contributed by atoms with Crippen molar-refractivity contribution in [2.45, 2.75) is 50.4 Å². The summed E-state index contributed by atoms with van der Waals surface area (Å²) in [5.74, 6) is -0.803. The van der Waals surface area contributed by atoms with Crippen LogP contribution in [0.1, 0.15) is 54.6 Å². The normalized spacial score (nSPS) is 21.7. The predicted molar refractivity (Wildman–Crippen MR) is 102 cm³/mol. The first-order chi connectivity index (χ1) is 12.4. The molecule has 1 aromatic rings. The summed E-state index contributed by atoms with van der Waals surface area (Å²) in [6.07, 6.45) is 6.38. The maximum atomic E-state index is 11.8. The van der Waals surface area contributed by atoms with Crippen LogP contribution in [0.2, 0.25) is 0 Å². The van der Waals surface area contributed by atoms with E-state index >= 15 is 0 Å². The Morgan fingerprint density at radius 1 is 1.31 bits per heavy atom. The quantitative estimate of drug-likeness (QED) is 0.387. The maximum Gasteiger partial charge on any atom is 0.335 e. The summed E-state index contributed by atoms with van der Waals surface area (Å²) in [4.78, 5) is 20.6. The number of hydrogen-bond acceptors (Lipinski definition) is 4. The van der Waals surface area contributed by atoms with Crippen molar-refractivity contribution in [2.24, 2.45) is 5.92 Å². The minimum atomic E-state index is -2.70. The van der Waals surface area contributed by atoms with E-state index in [1.165, 1.54) is 0 Å². The Hall–Kier alpha value is -1.46. The zero-order valence-electron chi connectivity index (χ0n) is 15.0. The molecular weight excluding hydrogens is 353 g/mol. The summed E-state index contributed by atoms with van der Waals surface area (Å²) >= 11 is 0. The van der Waals surface area contributed by atoms with Crippen molar-refractivity contribution in [3.8, 4) is 0 Å². The van der Waals surface area contributed by atoms with Crippen molar-refractivity contribution in [1.82, 2.24) is 5.32 Å². The minimum absolute atomic E-state index is 0.0605. The first-order valence-corrected chi connectivity index (χ1v) is 10.4. The standard InChI is InChI=1S/C19H28NO5P/c1-13(14-7-9-16(10-8-14)19(22)23)20-12-17(21)11-18(26(24)25)15-5-3-2-4-6-15/h2-3,7-10,13,15,17-18,20-21,26H,4-6,11-12H2,1H3,(H,22,23)(H,24,25)/t13-,15?,17-,18?/m0/s1. The summed E-state index contributed by atoms with van der Waals surface area (Å²) in [6.45, 7) is 2.25. The predicted octanol–water partition coefficient (Wildman–Crippen LogP) is 2.98. The van der Waals surface area contributed by atoms with Crippen LogP contribution in [0.25, 0.3) is 0 Å². The van der Waals surface area contributed by atoms with Gasteiger partial charge in [-0.2, -0.15) is 0 Å². The number of aliphatic hydroxyl groups excluding tert-OH is 1. The van der Waals surface area contributed by atoms with E-state index < -0.39 is 20.1 Å². The molecule has 5 atom stereocenters. The van der Waals surface area contributed by atoms with Gasteiger partial charge in [-0.3, -0.25) is 4.57 Å². The Morgan fingerprint density at radius 2 is 2.00 bits per heavy atom. The fraction of sp³-hybridized carbons (Fsp3) is 0.526. The van der Waals surface area contributed by atoms with Gasteiger partial charge in [0.25, 0.3) is 0 Å². The molecular formula is C19H28NO5P. The number of hydrogen-bond donors (Lipinski definition) is 4. The third-order valence-corrected chi connectivity index (χ3v) is 6.38. The van der Waals surface area contributed by atoms with E-state index in [-0.39, 0.29) is 23.2 Å². The Bertz CT molecular complexity index is 646. The van der Waals surface area contributed by atoms with Gasteiger partial charge in [0.15, 0.2) is 8.03 Å². The molecule has 0 aliphatic heterocycles. The number of allylic oxidation sites excluding steroid dienone is 2. The van der Waals surface area contributed by atoms with Crippen LogP contribution in [-0.2, 0) is 4.57 Å². The van der Waals surface area contributed by atoms with Crippen molar-refractivity contribution in [1.29, 1.82) is 0 Å². The summed E-state index contributed by atoms with van der Waals surface area (Å²) in [6, 6.07) is 6.54. The highest BCUT2D eigenvalue weighted by Crippen LogP contribution is 2.38. The second kappa shape index (κ2) is 10.0. The lowest BCUT2D eigenvalue weighted by atomic mass is 9.88. The fourth-order valence-corrected chi connectivity index (χ4v) is 4.58. The molecule has 1 aromatic carbocycles. The van der Waals surface area contributed by atoms with Gasteiger partial charge in [-0.15, -0.1) is 0 Å². The van der Waals surface area contributed by atoms with Crippen molar-refractivity contribution in [3.05, 3.63) is 47.5 Å². The summed E-state index contributed by atoms with van der Waals surface area (Å²) < 4.78 is 11.8. The lowest BCUT2D eigenvalue weighted by molar-refractivity contribution is 0.0697. The molecule has 4 N–H and O–H groups in total. The van der Waals surface area contributed by atoms with Crippen LogP contribution in [-0.4, -0.2) is 39.4 Å². The van der Waals surface area contributed by atoms with Crippen molar-refractivity contribution < 1.29 is 24.5 Å². The molecule has 0 aromatic heterocycles. The van der Waals surface area contributed by atoms with Gasteiger partial charge in [0.1, 0.15) is 0 Å². The lowest BCUT2D eigenvalue weighted by Gasteiger charge is -2.28. The number of aromatic carboxylic acids is 1. The molecule has 144 valence electrons. The average Bonchev–Trinajstić information content (AvgIpc) is 2.64. The molecule has 0 bridgehead atoms. The number of carboxylic acid groups (broad SMARTS) is 1. The Labute approximate surface area is 154 Å². The molecule has 1 aliphatic rings. The summed E-state index contributed by atoms with van der Waals surface area (Å²) in [7, 11) is -2.70. The second-order valence-electron chi connectivity index (χ2n) is 6.94. The largest absolute Gasteiger partial charge is 0.478 e. The number of carbonyl (C=O) groups is 1. The smallest absolute Gasteiger partial charge is 0.335 e. The topological polar surface area (TPSA) is 107 Å². The molecule has 0 heterocycles. The van der Waals surface area contributed by atoms with E-state index in [4.69, 9.17) is 5.11 Å². The van der Waals surface area contributed by atoms with Crippen LogP contribution in [0.4, 0.5) is 0 Å². The highest BCUT2D eigenvalue weighted by atomic mass is 31.1. The average molecular weight is 381 g/mol. The minimum Gasteiger partial charge on any atom is -0.478 e. The Morgan fingerprint density at radius 3 is 2.54 bits per heavy atom. The number of benzene rings is 1. The summed E-state index contributed by atoms with van der Waals surface area (Å²) in [5, 5.41) is 22.5. The molecule has 0 fully saturated rings. The van der Waals surface area contributed by atoms with Gasteiger partial charge in [-0.25, -0.2) is 4.79 Å². The van der Waals surface area contributed by atoms with Crippen LogP contribution >= 0.6 is 8.03 Å². The van der Waals surface area contributed by atoms with E-state index in [2.05, 4.69) is 17.5 Å². The zero-order chi connectivity index (χ0) is 19.1. The van der Waals surface area contributed by atoms with E-state index in [1.54, 1.807) is 24.3 Å². The van der Waals surface area contributed by atoms with Crippen LogP contribution in [0.3, 0.4) is 0 Å². The Kier molecular flexibility index (Phi) is 8.04. The van der Waals surface area contributed by atoms with Gasteiger partial charge >= 0.3 is 5.97 Å². The molecule has 1 aliphatic carbocycles. The van der Waals surface area contributed by atoms with Crippen LogP contribution in [0.15, 0.2) is 36.4 Å². The highest BCUT2D eigenvalue weighted by Gasteiger charge is 2.28. The maximum absolute atomic E-state index is 11.8. The number of aliphatic hydroxyl groups is 1. The van der Waals surface area contributed by atoms with Crippen LogP contribution in [0, 0.1) is 5.92 Å². The molecule has 7 heteroatoms. The molecule has 2 rings (SSSR count). The van der Waals surface area contributed by atoms with E-state index in [0.717, 1.165) is 24.8 Å². The molecule has 0 saturated carbocycles. The number of nitrogens with one attached hydrogen (secondary N) is 1. The number of carboxylic acids is 1. The molecule has 0 saturated heterocycles. The molecule has 0 spiro atoms. The molecule has 6 nitrogen and oxygen atoms in total. The van der Waals surface area contributed by atoms with Gasteiger partial charge in [0, 0.05) is 18.2 Å².